The molecule has 224 valence electrons. The summed E-state index contributed by atoms with van der Waals surface area (Å²) in [6, 6.07) is 4.03. The number of allylic oxidation sites excluding steroid dienone is 4. The smallest absolute Gasteiger partial charge is 0.306 e. The first-order valence-electron chi connectivity index (χ1n) is 14.6. The number of rotatable bonds is 12. The predicted octanol–water partition coefficient (Wildman–Crippen LogP) is 8.21. The fourth-order valence-electron chi connectivity index (χ4n) is 4.68. The van der Waals surface area contributed by atoms with Gasteiger partial charge in [0, 0.05) is 24.3 Å². The van der Waals surface area contributed by atoms with E-state index in [1.807, 2.05) is 12.1 Å². The van der Waals surface area contributed by atoms with Gasteiger partial charge in [0.15, 0.2) is 0 Å². The monoisotopic (exact) mass is 572 g/mol. The summed E-state index contributed by atoms with van der Waals surface area (Å²) in [5.74, 6) is 1.30. The molecule has 6 heteroatoms. The van der Waals surface area contributed by atoms with Gasteiger partial charge in [-0.1, -0.05) is 97.7 Å². The van der Waals surface area contributed by atoms with Crippen molar-refractivity contribution in [3.8, 4) is 5.75 Å². The number of esters is 2. The van der Waals surface area contributed by atoms with Crippen LogP contribution in [0, 0.1) is 5.41 Å². The lowest BCUT2D eigenvalue weighted by Crippen LogP contribution is -2.18. The van der Waals surface area contributed by atoms with E-state index in [4.69, 9.17) is 9.47 Å². The SMILES string of the molecule is CC(C)(C)C1=CC(CCC(=O)OCCSCCOC(=O)CCc2cc(C(C)(C)C)c(O)c(C(C)(C)C)c2)=CCC1. The van der Waals surface area contributed by atoms with E-state index in [1.54, 1.807) is 11.8 Å². The highest BCUT2D eigenvalue weighted by Crippen LogP contribution is 2.40. The summed E-state index contributed by atoms with van der Waals surface area (Å²) in [6.07, 6.45) is 8.61. The van der Waals surface area contributed by atoms with Crippen LogP contribution in [0.25, 0.3) is 0 Å². The summed E-state index contributed by atoms with van der Waals surface area (Å²) in [7, 11) is 0. The van der Waals surface area contributed by atoms with Gasteiger partial charge in [-0.05, 0) is 58.6 Å². The summed E-state index contributed by atoms with van der Waals surface area (Å²) in [4.78, 5) is 24.5. The van der Waals surface area contributed by atoms with Crippen molar-refractivity contribution in [2.75, 3.05) is 24.7 Å². The molecule has 0 atom stereocenters. The third kappa shape index (κ3) is 11.3. The Morgan fingerprint density at radius 3 is 1.77 bits per heavy atom. The maximum absolute atomic E-state index is 12.3. The fraction of sp³-hybridized carbons (Fsp3) is 0.647. The van der Waals surface area contributed by atoms with Crippen molar-refractivity contribution in [2.45, 2.75) is 112 Å². The Hall–Kier alpha value is -2.21. The molecule has 2 rings (SSSR count). The standard InChI is InChI=1S/C34H52O5S/c1-32(2,3)26-12-10-11-24(21-26)13-15-29(35)38-17-19-40-20-18-39-30(36)16-14-25-22-27(33(4,5)6)31(37)28(23-25)34(7,8)9/h11,21-23,37H,10,12-20H2,1-9H3. The number of hydrogen-bond donors (Lipinski definition) is 1. The number of thioether (sulfide) groups is 1. The predicted molar refractivity (Wildman–Crippen MR) is 167 cm³/mol. The third-order valence-corrected chi connectivity index (χ3v) is 8.06. The summed E-state index contributed by atoms with van der Waals surface area (Å²) in [5, 5.41) is 10.9. The van der Waals surface area contributed by atoms with E-state index < -0.39 is 0 Å². The molecule has 0 aromatic heterocycles. The summed E-state index contributed by atoms with van der Waals surface area (Å²) in [5.41, 5.74) is 5.28. The average Bonchev–Trinajstić information content (AvgIpc) is 2.84. The normalized spacial score (nSPS) is 14.4. The van der Waals surface area contributed by atoms with E-state index in [9.17, 15) is 14.7 Å². The number of carbonyl (C=O) groups is 2. The second-order valence-electron chi connectivity index (χ2n) is 13.8. The van der Waals surface area contributed by atoms with Gasteiger partial charge in [0.2, 0.25) is 0 Å². The molecule has 0 aliphatic heterocycles. The summed E-state index contributed by atoms with van der Waals surface area (Å²) in [6.45, 7) is 19.9. The molecule has 0 saturated carbocycles. The highest BCUT2D eigenvalue weighted by atomic mass is 32.2. The highest BCUT2D eigenvalue weighted by Gasteiger charge is 2.26. The summed E-state index contributed by atoms with van der Waals surface area (Å²) >= 11 is 1.61. The van der Waals surface area contributed by atoms with Crippen LogP contribution < -0.4 is 0 Å². The first kappa shape index (κ1) is 34.0. The highest BCUT2D eigenvalue weighted by molar-refractivity contribution is 7.99. The molecule has 0 unspecified atom stereocenters. The second kappa shape index (κ2) is 14.6. The minimum absolute atomic E-state index is 0.164. The van der Waals surface area contributed by atoms with Gasteiger partial charge in [-0.3, -0.25) is 9.59 Å². The van der Waals surface area contributed by atoms with Gasteiger partial charge in [0.25, 0.3) is 0 Å². The molecule has 5 nitrogen and oxygen atoms in total. The Balaban J connectivity index is 1.65. The molecule has 1 aliphatic carbocycles. The van der Waals surface area contributed by atoms with Gasteiger partial charge < -0.3 is 14.6 Å². The summed E-state index contributed by atoms with van der Waals surface area (Å²) < 4.78 is 10.8. The molecule has 0 heterocycles. The maximum atomic E-state index is 12.3. The molecule has 40 heavy (non-hydrogen) atoms. The topological polar surface area (TPSA) is 72.8 Å². The Kier molecular flexibility index (Phi) is 12.4. The first-order chi connectivity index (χ1) is 18.5. The van der Waals surface area contributed by atoms with Crippen LogP contribution in [0.1, 0.15) is 111 Å². The molecule has 0 radical (unpaired) electrons. The van der Waals surface area contributed by atoms with Crippen LogP contribution in [0.15, 0.2) is 35.4 Å². The molecule has 0 fully saturated rings. The largest absolute Gasteiger partial charge is 0.507 e. The molecule has 1 aromatic rings. The molecule has 1 aromatic carbocycles. The Labute approximate surface area is 247 Å². The maximum Gasteiger partial charge on any atom is 0.306 e. The lowest BCUT2D eigenvalue weighted by molar-refractivity contribution is -0.143. The minimum atomic E-state index is -0.226. The Morgan fingerprint density at radius 2 is 1.30 bits per heavy atom. The van der Waals surface area contributed by atoms with Gasteiger partial charge in [0.1, 0.15) is 19.0 Å². The second-order valence-corrected chi connectivity index (χ2v) is 15.1. The van der Waals surface area contributed by atoms with Crippen LogP contribution in [0.3, 0.4) is 0 Å². The molecule has 0 amide bonds. The van der Waals surface area contributed by atoms with E-state index in [2.05, 4.69) is 74.5 Å². The lowest BCUT2D eigenvalue weighted by atomic mass is 9.78. The van der Waals surface area contributed by atoms with Crippen molar-refractivity contribution in [3.05, 3.63) is 52.1 Å². The van der Waals surface area contributed by atoms with E-state index >= 15 is 0 Å². The lowest BCUT2D eigenvalue weighted by Gasteiger charge is -2.28. The number of carbonyl (C=O) groups excluding carboxylic acids is 2. The number of aromatic hydroxyl groups is 1. The third-order valence-electron chi connectivity index (χ3n) is 7.15. The zero-order chi connectivity index (χ0) is 30.1. The number of phenols is 1. The van der Waals surface area contributed by atoms with Gasteiger partial charge in [-0.25, -0.2) is 0 Å². The number of ether oxygens (including phenoxy) is 2. The number of hydrogen-bond acceptors (Lipinski definition) is 6. The quantitative estimate of drug-likeness (QED) is 0.201. The van der Waals surface area contributed by atoms with E-state index in [0.717, 1.165) is 36.0 Å². The van der Waals surface area contributed by atoms with Crippen molar-refractivity contribution in [2.24, 2.45) is 5.41 Å². The number of phenolic OH excluding ortho intramolecular Hbond substituents is 1. The van der Waals surface area contributed by atoms with Crippen molar-refractivity contribution in [1.82, 2.24) is 0 Å². The molecule has 1 N–H and O–H groups in total. The average molecular weight is 573 g/mol. The molecule has 0 spiro atoms. The van der Waals surface area contributed by atoms with E-state index in [1.165, 1.54) is 11.1 Å². The van der Waals surface area contributed by atoms with Crippen LogP contribution in [0.4, 0.5) is 0 Å². The molecule has 1 aliphatic rings. The van der Waals surface area contributed by atoms with Gasteiger partial charge >= 0.3 is 11.9 Å². The first-order valence-corrected chi connectivity index (χ1v) is 15.8. The van der Waals surface area contributed by atoms with Gasteiger partial charge in [-0.2, -0.15) is 11.8 Å². The van der Waals surface area contributed by atoms with Crippen LogP contribution in [0.5, 0.6) is 5.75 Å². The number of benzene rings is 1. The van der Waals surface area contributed by atoms with Crippen LogP contribution >= 0.6 is 11.8 Å². The van der Waals surface area contributed by atoms with E-state index in [-0.39, 0.29) is 28.2 Å². The molecular formula is C34H52O5S. The van der Waals surface area contributed by atoms with Crippen LogP contribution in [0.2, 0.25) is 0 Å². The fourth-order valence-corrected chi connectivity index (χ4v) is 5.29. The molecular weight excluding hydrogens is 520 g/mol. The van der Waals surface area contributed by atoms with Crippen molar-refractivity contribution < 1.29 is 24.2 Å². The molecule has 0 saturated heterocycles. The zero-order valence-electron chi connectivity index (χ0n) is 26.4. The van der Waals surface area contributed by atoms with Crippen LogP contribution in [-0.2, 0) is 36.3 Å². The van der Waals surface area contributed by atoms with Crippen molar-refractivity contribution in [1.29, 1.82) is 0 Å². The van der Waals surface area contributed by atoms with Gasteiger partial charge in [0.05, 0.1) is 0 Å². The van der Waals surface area contributed by atoms with Crippen molar-refractivity contribution in [3.63, 3.8) is 0 Å². The Bertz CT molecular complexity index is 1040. The van der Waals surface area contributed by atoms with Crippen LogP contribution in [-0.4, -0.2) is 41.8 Å². The zero-order valence-corrected chi connectivity index (χ0v) is 27.2. The molecule has 0 bridgehead atoms. The minimum Gasteiger partial charge on any atom is -0.507 e. The van der Waals surface area contributed by atoms with E-state index in [0.29, 0.717) is 49.7 Å². The van der Waals surface area contributed by atoms with Crippen molar-refractivity contribution >= 4 is 23.7 Å². The van der Waals surface area contributed by atoms with Gasteiger partial charge in [-0.15, -0.1) is 0 Å². The number of aryl methyl sites for hydroxylation is 1. The Morgan fingerprint density at radius 1 is 0.800 bits per heavy atom.